The minimum atomic E-state index is -0.115. The fourth-order valence-electron chi connectivity index (χ4n) is 4.02. The van der Waals surface area contributed by atoms with Crippen LogP contribution < -0.4 is 11.0 Å². The lowest BCUT2D eigenvalue weighted by Crippen LogP contribution is -2.42. The molecule has 156 valence electrons. The molecule has 1 aliphatic heterocycles. The molecule has 0 atom stereocenters. The van der Waals surface area contributed by atoms with E-state index in [1.807, 2.05) is 24.3 Å². The van der Waals surface area contributed by atoms with Gasteiger partial charge in [-0.05, 0) is 37.1 Å². The molecule has 1 N–H and O–H groups in total. The zero-order chi connectivity index (χ0) is 21.1. The molecule has 4 rings (SSSR count). The SMILES string of the molecule is Cn1c(=O)n(CCC(=O)N2CCC(C(=O)Nc3ccncc3)CC2)c2ccccc21. The van der Waals surface area contributed by atoms with E-state index in [0.29, 0.717) is 32.5 Å². The van der Waals surface area contributed by atoms with Crippen molar-refractivity contribution in [2.45, 2.75) is 25.8 Å². The third-order valence-electron chi connectivity index (χ3n) is 5.77. The van der Waals surface area contributed by atoms with Crippen molar-refractivity contribution in [1.29, 1.82) is 0 Å². The number of pyridine rings is 1. The van der Waals surface area contributed by atoms with Crippen LogP contribution in [0.2, 0.25) is 0 Å². The molecule has 0 saturated carbocycles. The van der Waals surface area contributed by atoms with Crippen LogP contribution in [0.25, 0.3) is 11.0 Å². The van der Waals surface area contributed by atoms with Gasteiger partial charge < -0.3 is 10.2 Å². The fourth-order valence-corrected chi connectivity index (χ4v) is 4.02. The van der Waals surface area contributed by atoms with Gasteiger partial charge in [0.15, 0.2) is 0 Å². The number of benzene rings is 1. The van der Waals surface area contributed by atoms with E-state index < -0.39 is 0 Å². The molecule has 0 bridgehead atoms. The Morgan fingerprint density at radius 3 is 2.43 bits per heavy atom. The standard InChI is InChI=1S/C22H25N5O3/c1-25-18-4-2-3-5-19(18)27(22(25)30)15-10-20(28)26-13-8-16(9-14-26)21(29)24-17-6-11-23-12-7-17/h2-7,11-12,16H,8-10,13-15H2,1H3,(H,23,24,29). The van der Waals surface area contributed by atoms with E-state index >= 15 is 0 Å². The molecule has 1 saturated heterocycles. The second-order valence-electron chi connectivity index (χ2n) is 7.61. The summed E-state index contributed by atoms with van der Waals surface area (Å²) in [7, 11) is 1.74. The van der Waals surface area contributed by atoms with Gasteiger partial charge in [0.05, 0.1) is 11.0 Å². The Kier molecular flexibility index (Phi) is 5.65. The molecule has 8 heteroatoms. The average molecular weight is 407 g/mol. The highest BCUT2D eigenvalue weighted by Gasteiger charge is 2.27. The maximum Gasteiger partial charge on any atom is 0.328 e. The predicted molar refractivity (Wildman–Crippen MR) is 114 cm³/mol. The number of anilines is 1. The molecule has 3 aromatic rings. The van der Waals surface area contributed by atoms with Crippen LogP contribution in [0.4, 0.5) is 5.69 Å². The third kappa shape index (κ3) is 3.98. The molecule has 1 aromatic carbocycles. The first-order valence-electron chi connectivity index (χ1n) is 10.2. The number of imidazole rings is 1. The van der Waals surface area contributed by atoms with Crippen LogP contribution in [0.3, 0.4) is 0 Å². The van der Waals surface area contributed by atoms with E-state index in [2.05, 4.69) is 10.3 Å². The minimum Gasteiger partial charge on any atom is -0.343 e. The van der Waals surface area contributed by atoms with Gasteiger partial charge in [0, 0.05) is 57.1 Å². The van der Waals surface area contributed by atoms with Gasteiger partial charge in [-0.15, -0.1) is 0 Å². The number of fused-ring (bicyclic) bond motifs is 1. The maximum atomic E-state index is 12.7. The topological polar surface area (TPSA) is 89.2 Å². The van der Waals surface area contributed by atoms with Crippen LogP contribution in [0.5, 0.6) is 0 Å². The van der Waals surface area contributed by atoms with E-state index in [1.165, 1.54) is 0 Å². The van der Waals surface area contributed by atoms with Gasteiger partial charge in [0.1, 0.15) is 0 Å². The first kappa shape index (κ1) is 19.9. The quantitative estimate of drug-likeness (QED) is 0.701. The number of nitrogens with one attached hydrogen (secondary N) is 1. The van der Waals surface area contributed by atoms with E-state index in [9.17, 15) is 14.4 Å². The molecule has 0 aliphatic carbocycles. The molecule has 0 unspecified atom stereocenters. The Hall–Kier alpha value is -3.42. The van der Waals surface area contributed by atoms with Crippen molar-refractivity contribution >= 4 is 28.5 Å². The van der Waals surface area contributed by atoms with Gasteiger partial charge in [-0.1, -0.05) is 12.1 Å². The van der Waals surface area contributed by atoms with Crippen molar-refractivity contribution < 1.29 is 9.59 Å². The smallest absolute Gasteiger partial charge is 0.328 e. The number of hydrogen-bond acceptors (Lipinski definition) is 4. The van der Waals surface area contributed by atoms with Crippen molar-refractivity contribution in [2.75, 3.05) is 18.4 Å². The Balaban J connectivity index is 1.32. The monoisotopic (exact) mass is 407 g/mol. The highest BCUT2D eigenvalue weighted by Crippen LogP contribution is 2.20. The Morgan fingerprint density at radius 2 is 1.73 bits per heavy atom. The molecule has 1 aliphatic rings. The number of piperidine rings is 1. The number of aryl methyl sites for hydroxylation is 2. The van der Waals surface area contributed by atoms with E-state index in [-0.39, 0.29) is 29.8 Å². The summed E-state index contributed by atoms with van der Waals surface area (Å²) in [5, 5.41) is 2.91. The zero-order valence-corrected chi connectivity index (χ0v) is 17.0. The highest BCUT2D eigenvalue weighted by molar-refractivity contribution is 5.92. The third-order valence-corrected chi connectivity index (χ3v) is 5.77. The summed E-state index contributed by atoms with van der Waals surface area (Å²) in [4.78, 5) is 43.4. The number of hydrogen-bond donors (Lipinski definition) is 1. The van der Waals surface area contributed by atoms with Gasteiger partial charge in [-0.3, -0.25) is 23.7 Å². The molecule has 0 spiro atoms. The summed E-state index contributed by atoms with van der Waals surface area (Å²) >= 11 is 0. The zero-order valence-electron chi connectivity index (χ0n) is 17.0. The van der Waals surface area contributed by atoms with Crippen molar-refractivity contribution in [1.82, 2.24) is 19.0 Å². The van der Waals surface area contributed by atoms with Gasteiger partial charge in [0.25, 0.3) is 0 Å². The molecule has 8 nitrogen and oxygen atoms in total. The number of amides is 2. The molecule has 30 heavy (non-hydrogen) atoms. The summed E-state index contributed by atoms with van der Waals surface area (Å²) in [6.07, 6.45) is 4.81. The van der Waals surface area contributed by atoms with E-state index in [1.54, 1.807) is 45.6 Å². The largest absolute Gasteiger partial charge is 0.343 e. The summed E-state index contributed by atoms with van der Waals surface area (Å²) in [6.45, 7) is 1.46. The fraction of sp³-hybridized carbons (Fsp3) is 0.364. The number of nitrogens with zero attached hydrogens (tertiary/aromatic N) is 4. The lowest BCUT2D eigenvalue weighted by molar-refractivity contribution is -0.134. The van der Waals surface area contributed by atoms with Crippen LogP contribution in [-0.4, -0.2) is 43.9 Å². The summed E-state index contributed by atoms with van der Waals surface area (Å²) in [5.74, 6) is -0.110. The number of para-hydroxylation sites is 2. The van der Waals surface area contributed by atoms with Crippen molar-refractivity contribution in [3.63, 3.8) is 0 Å². The Labute approximate surface area is 174 Å². The number of likely N-dealkylation sites (tertiary alicyclic amines) is 1. The molecule has 3 heterocycles. The molecule has 2 aromatic heterocycles. The molecule has 0 radical (unpaired) electrons. The number of rotatable bonds is 5. The normalized spacial score (nSPS) is 14.8. The van der Waals surface area contributed by atoms with Crippen LogP contribution in [-0.2, 0) is 23.2 Å². The second-order valence-corrected chi connectivity index (χ2v) is 7.61. The second kappa shape index (κ2) is 8.52. The van der Waals surface area contributed by atoms with Gasteiger partial charge in [-0.25, -0.2) is 4.79 Å². The lowest BCUT2D eigenvalue weighted by Gasteiger charge is -2.31. The van der Waals surface area contributed by atoms with E-state index in [0.717, 1.165) is 16.7 Å². The lowest BCUT2D eigenvalue weighted by atomic mass is 9.95. The molecule has 1 fully saturated rings. The highest BCUT2D eigenvalue weighted by atomic mass is 16.2. The molecule has 2 amide bonds. The summed E-state index contributed by atoms with van der Waals surface area (Å²) in [6, 6.07) is 11.1. The van der Waals surface area contributed by atoms with Crippen molar-refractivity contribution in [3.05, 3.63) is 59.3 Å². The molecular weight excluding hydrogens is 382 g/mol. The van der Waals surface area contributed by atoms with Crippen LogP contribution in [0, 0.1) is 5.92 Å². The van der Waals surface area contributed by atoms with Crippen molar-refractivity contribution in [2.24, 2.45) is 13.0 Å². The van der Waals surface area contributed by atoms with E-state index in [4.69, 9.17) is 0 Å². The average Bonchev–Trinajstić information content (AvgIpc) is 3.03. The Morgan fingerprint density at radius 1 is 1.07 bits per heavy atom. The van der Waals surface area contributed by atoms with Crippen molar-refractivity contribution in [3.8, 4) is 0 Å². The molecular formula is C22H25N5O3. The first-order valence-corrected chi connectivity index (χ1v) is 10.2. The van der Waals surface area contributed by atoms with Crippen LogP contribution in [0.15, 0.2) is 53.6 Å². The van der Waals surface area contributed by atoms with Crippen LogP contribution in [0.1, 0.15) is 19.3 Å². The predicted octanol–water partition coefficient (Wildman–Crippen LogP) is 2.00. The summed E-state index contributed by atoms with van der Waals surface area (Å²) in [5.41, 5.74) is 2.31. The van der Waals surface area contributed by atoms with Gasteiger partial charge in [-0.2, -0.15) is 0 Å². The van der Waals surface area contributed by atoms with Crippen LogP contribution >= 0.6 is 0 Å². The van der Waals surface area contributed by atoms with Gasteiger partial charge in [0.2, 0.25) is 11.8 Å². The number of aromatic nitrogens is 3. The van der Waals surface area contributed by atoms with Gasteiger partial charge >= 0.3 is 5.69 Å². The summed E-state index contributed by atoms with van der Waals surface area (Å²) < 4.78 is 3.26. The maximum absolute atomic E-state index is 12.7. The Bertz CT molecular complexity index is 1110. The first-order chi connectivity index (χ1) is 14.5. The number of carbonyl (C=O) groups is 2. The number of carbonyl (C=O) groups excluding carboxylic acids is 2. The minimum absolute atomic E-state index is 0.0165.